The summed E-state index contributed by atoms with van der Waals surface area (Å²) >= 11 is 0. The summed E-state index contributed by atoms with van der Waals surface area (Å²) in [6, 6.07) is 0. The van der Waals surface area contributed by atoms with Crippen LogP contribution in [0.2, 0.25) is 0 Å². The number of carbonyl (C=O) groups is 2. The first-order chi connectivity index (χ1) is 7.37. The van der Waals surface area contributed by atoms with E-state index in [2.05, 4.69) is 5.32 Å². The van der Waals surface area contributed by atoms with Crippen LogP contribution < -0.4 is 5.32 Å². The van der Waals surface area contributed by atoms with E-state index in [4.69, 9.17) is 5.11 Å². The lowest BCUT2D eigenvalue weighted by molar-refractivity contribution is -0.156. The molecule has 94 valence electrons. The molecule has 0 aliphatic rings. The van der Waals surface area contributed by atoms with E-state index in [-0.39, 0.29) is 12.5 Å². The van der Waals surface area contributed by atoms with Crippen LogP contribution in [0.3, 0.4) is 0 Å². The third-order valence-electron chi connectivity index (χ3n) is 2.52. The quantitative estimate of drug-likeness (QED) is 0.632. The Kier molecular flexibility index (Phi) is 6.03. The third-order valence-corrected chi connectivity index (χ3v) is 2.52. The largest absolute Gasteiger partial charge is 0.480 e. The Morgan fingerprint density at radius 3 is 2.25 bits per heavy atom. The minimum atomic E-state index is -1.15. The summed E-state index contributed by atoms with van der Waals surface area (Å²) in [5, 5.41) is 12.0. The molecule has 0 rings (SSSR count). The molecular formula is C11H22N2O3. The minimum Gasteiger partial charge on any atom is -0.480 e. The van der Waals surface area contributed by atoms with Gasteiger partial charge < -0.3 is 15.3 Å². The van der Waals surface area contributed by atoms with Gasteiger partial charge in [-0.1, -0.05) is 6.92 Å². The highest BCUT2D eigenvalue weighted by Crippen LogP contribution is 2.14. The summed E-state index contributed by atoms with van der Waals surface area (Å²) < 4.78 is 0. The Morgan fingerprint density at radius 1 is 1.31 bits per heavy atom. The molecule has 1 amide bonds. The Bertz CT molecular complexity index is 252. The van der Waals surface area contributed by atoms with E-state index in [1.807, 2.05) is 6.92 Å². The van der Waals surface area contributed by atoms with Gasteiger partial charge in [-0.05, 0) is 33.7 Å². The number of likely N-dealkylation sites (N-methyl/N-ethyl adjacent to an activating group) is 1. The van der Waals surface area contributed by atoms with Crippen LogP contribution in [-0.4, -0.2) is 47.1 Å². The average molecular weight is 230 g/mol. The SMILES string of the molecule is CCCNCC(=O)N(CC)C(C)(C)C(=O)O. The normalized spacial score (nSPS) is 11.2. The van der Waals surface area contributed by atoms with Crippen molar-refractivity contribution in [3.05, 3.63) is 0 Å². The molecule has 0 radical (unpaired) electrons. The van der Waals surface area contributed by atoms with Gasteiger partial charge in [0.15, 0.2) is 0 Å². The summed E-state index contributed by atoms with van der Waals surface area (Å²) in [5.74, 6) is -1.17. The van der Waals surface area contributed by atoms with Crippen LogP contribution >= 0.6 is 0 Å². The average Bonchev–Trinajstić information content (AvgIpc) is 2.18. The van der Waals surface area contributed by atoms with Crippen LogP contribution in [0.5, 0.6) is 0 Å². The van der Waals surface area contributed by atoms with Gasteiger partial charge in [0.25, 0.3) is 0 Å². The first kappa shape index (κ1) is 14.9. The van der Waals surface area contributed by atoms with Crippen molar-refractivity contribution < 1.29 is 14.7 Å². The number of rotatable bonds is 7. The molecule has 0 saturated carbocycles. The maximum absolute atomic E-state index is 11.8. The number of hydrogen-bond donors (Lipinski definition) is 2. The number of nitrogens with zero attached hydrogens (tertiary/aromatic N) is 1. The smallest absolute Gasteiger partial charge is 0.329 e. The van der Waals surface area contributed by atoms with Crippen LogP contribution in [0.15, 0.2) is 0 Å². The molecule has 0 saturated heterocycles. The standard InChI is InChI=1S/C11H22N2O3/c1-5-7-12-8-9(14)13(6-2)11(3,4)10(15)16/h12H,5-8H2,1-4H3,(H,15,16). The van der Waals surface area contributed by atoms with Gasteiger partial charge in [0.1, 0.15) is 5.54 Å². The van der Waals surface area contributed by atoms with Crippen molar-refractivity contribution >= 4 is 11.9 Å². The van der Waals surface area contributed by atoms with E-state index in [1.54, 1.807) is 6.92 Å². The van der Waals surface area contributed by atoms with Gasteiger partial charge in [-0.2, -0.15) is 0 Å². The summed E-state index contributed by atoms with van der Waals surface area (Å²) in [6.07, 6.45) is 0.946. The molecular weight excluding hydrogens is 208 g/mol. The van der Waals surface area contributed by atoms with Crippen LogP contribution in [0.25, 0.3) is 0 Å². The number of nitrogens with one attached hydrogen (secondary N) is 1. The fraction of sp³-hybridized carbons (Fsp3) is 0.818. The molecule has 0 atom stereocenters. The van der Waals surface area contributed by atoms with Crippen LogP contribution in [-0.2, 0) is 9.59 Å². The minimum absolute atomic E-state index is 0.177. The number of amides is 1. The van der Waals surface area contributed by atoms with Gasteiger partial charge in [0.05, 0.1) is 6.54 Å². The second-order valence-corrected chi connectivity index (χ2v) is 4.18. The van der Waals surface area contributed by atoms with E-state index < -0.39 is 11.5 Å². The fourth-order valence-corrected chi connectivity index (χ4v) is 1.47. The van der Waals surface area contributed by atoms with E-state index in [0.717, 1.165) is 13.0 Å². The number of carboxylic acids is 1. The highest BCUT2D eigenvalue weighted by molar-refractivity contribution is 5.87. The molecule has 0 heterocycles. The van der Waals surface area contributed by atoms with Gasteiger partial charge in [-0.3, -0.25) is 4.79 Å². The molecule has 0 aromatic rings. The molecule has 0 fully saturated rings. The van der Waals surface area contributed by atoms with Crippen molar-refractivity contribution in [2.45, 2.75) is 39.7 Å². The topological polar surface area (TPSA) is 69.6 Å². The predicted molar refractivity (Wildman–Crippen MR) is 62.3 cm³/mol. The van der Waals surface area contributed by atoms with Gasteiger partial charge in [0.2, 0.25) is 5.91 Å². The molecule has 0 bridgehead atoms. The number of carbonyl (C=O) groups excluding carboxylic acids is 1. The molecule has 2 N–H and O–H groups in total. The van der Waals surface area contributed by atoms with Crippen LogP contribution in [0.4, 0.5) is 0 Å². The molecule has 0 aromatic carbocycles. The van der Waals surface area contributed by atoms with Gasteiger partial charge in [0, 0.05) is 6.54 Å². The Morgan fingerprint density at radius 2 is 1.88 bits per heavy atom. The lowest BCUT2D eigenvalue weighted by Crippen LogP contribution is -2.55. The van der Waals surface area contributed by atoms with E-state index in [1.165, 1.54) is 18.7 Å². The summed E-state index contributed by atoms with van der Waals surface area (Å²) in [6.45, 7) is 8.22. The second-order valence-electron chi connectivity index (χ2n) is 4.18. The highest BCUT2D eigenvalue weighted by atomic mass is 16.4. The zero-order valence-corrected chi connectivity index (χ0v) is 10.5. The maximum Gasteiger partial charge on any atom is 0.329 e. The molecule has 16 heavy (non-hydrogen) atoms. The Labute approximate surface area is 96.8 Å². The maximum atomic E-state index is 11.8. The molecule has 5 heteroatoms. The van der Waals surface area contributed by atoms with Gasteiger partial charge in [-0.15, -0.1) is 0 Å². The molecule has 0 aliphatic carbocycles. The first-order valence-electron chi connectivity index (χ1n) is 5.62. The zero-order valence-electron chi connectivity index (χ0n) is 10.5. The Balaban J connectivity index is 4.48. The second kappa shape index (κ2) is 6.48. The highest BCUT2D eigenvalue weighted by Gasteiger charge is 2.36. The molecule has 5 nitrogen and oxygen atoms in total. The van der Waals surface area contributed by atoms with Gasteiger partial charge in [-0.25, -0.2) is 4.79 Å². The Hall–Kier alpha value is -1.10. The van der Waals surface area contributed by atoms with E-state index in [0.29, 0.717) is 6.54 Å². The number of hydrogen-bond acceptors (Lipinski definition) is 3. The summed E-state index contributed by atoms with van der Waals surface area (Å²) in [4.78, 5) is 24.2. The van der Waals surface area contributed by atoms with E-state index in [9.17, 15) is 9.59 Å². The predicted octanol–water partition coefficient (Wildman–Crippen LogP) is 0.698. The van der Waals surface area contributed by atoms with Crippen molar-refractivity contribution in [2.24, 2.45) is 0 Å². The number of carboxylic acid groups (broad SMARTS) is 1. The summed E-state index contributed by atoms with van der Waals surface area (Å²) in [7, 11) is 0. The van der Waals surface area contributed by atoms with Gasteiger partial charge >= 0.3 is 5.97 Å². The van der Waals surface area contributed by atoms with Crippen molar-refractivity contribution in [1.29, 1.82) is 0 Å². The lowest BCUT2D eigenvalue weighted by atomic mass is 10.0. The van der Waals surface area contributed by atoms with Crippen LogP contribution in [0, 0.1) is 0 Å². The molecule has 0 unspecified atom stereocenters. The molecule has 0 aromatic heterocycles. The van der Waals surface area contributed by atoms with Crippen LogP contribution in [0.1, 0.15) is 34.1 Å². The van der Waals surface area contributed by atoms with Crippen molar-refractivity contribution in [2.75, 3.05) is 19.6 Å². The van der Waals surface area contributed by atoms with Crippen molar-refractivity contribution in [3.63, 3.8) is 0 Å². The summed E-state index contributed by atoms with van der Waals surface area (Å²) in [5.41, 5.74) is -1.15. The van der Waals surface area contributed by atoms with E-state index >= 15 is 0 Å². The zero-order chi connectivity index (χ0) is 12.8. The fourth-order valence-electron chi connectivity index (χ4n) is 1.47. The first-order valence-corrected chi connectivity index (χ1v) is 5.62. The lowest BCUT2D eigenvalue weighted by Gasteiger charge is -2.34. The molecule has 0 spiro atoms. The van der Waals surface area contributed by atoms with Crippen molar-refractivity contribution in [3.8, 4) is 0 Å². The molecule has 0 aliphatic heterocycles. The third kappa shape index (κ3) is 3.81. The monoisotopic (exact) mass is 230 g/mol. The van der Waals surface area contributed by atoms with Crippen molar-refractivity contribution in [1.82, 2.24) is 10.2 Å². The number of aliphatic carboxylic acids is 1.